The second-order valence-corrected chi connectivity index (χ2v) is 11.0. The van der Waals surface area contributed by atoms with Crippen molar-refractivity contribution in [2.75, 3.05) is 50.8 Å². The molecule has 0 saturated carbocycles. The fourth-order valence-electron chi connectivity index (χ4n) is 4.82. The molecule has 2 aliphatic rings. The molecule has 192 valence electrons. The molecule has 3 aromatic rings. The lowest BCUT2D eigenvalue weighted by Crippen LogP contribution is -2.36. The molecule has 0 bridgehead atoms. The number of likely N-dealkylation sites (tertiary alicyclic amines) is 1. The minimum Gasteiger partial charge on any atom is -0.378 e. The zero-order valence-corrected chi connectivity index (χ0v) is 22.4. The summed E-state index contributed by atoms with van der Waals surface area (Å²) in [5, 5.41) is 5.14. The third-order valence-corrected chi connectivity index (χ3v) is 8.43. The number of ether oxygens (including phenoxy) is 1. The molecule has 2 aliphatic heterocycles. The van der Waals surface area contributed by atoms with Crippen LogP contribution in [0.4, 0.5) is 5.82 Å². The van der Waals surface area contributed by atoms with Crippen molar-refractivity contribution >= 4 is 56.7 Å². The monoisotopic (exact) mass is 548 g/mol. The number of carbonyl (C=O) groups is 1. The van der Waals surface area contributed by atoms with Gasteiger partial charge in [0.2, 0.25) is 5.91 Å². The summed E-state index contributed by atoms with van der Waals surface area (Å²) in [6, 6.07) is 6.28. The third kappa shape index (κ3) is 6.26. The highest BCUT2D eigenvalue weighted by atomic mass is 35.5. The minimum atomic E-state index is 0.0478. The quantitative estimate of drug-likeness (QED) is 0.394. The lowest BCUT2D eigenvalue weighted by molar-refractivity contribution is -0.121. The topological polar surface area (TPSA) is 83.5 Å². The average Bonchev–Trinajstić information content (AvgIpc) is 3.54. The van der Waals surface area contributed by atoms with Gasteiger partial charge in [-0.2, -0.15) is 0 Å². The van der Waals surface area contributed by atoms with E-state index in [1.807, 2.05) is 12.1 Å². The summed E-state index contributed by atoms with van der Waals surface area (Å²) in [4.78, 5) is 31.7. The van der Waals surface area contributed by atoms with E-state index in [0.717, 1.165) is 61.1 Å². The molecule has 0 radical (unpaired) electrons. The summed E-state index contributed by atoms with van der Waals surface area (Å²) in [6.07, 6.45) is 5.96. The molecule has 1 unspecified atom stereocenters. The number of aryl methyl sites for hydroxylation is 1. The van der Waals surface area contributed by atoms with E-state index < -0.39 is 0 Å². The Hall–Kier alpha value is -2.04. The Morgan fingerprint density at radius 3 is 2.86 bits per heavy atom. The molecule has 0 aliphatic carbocycles. The van der Waals surface area contributed by atoms with Gasteiger partial charge in [-0.25, -0.2) is 15.0 Å². The van der Waals surface area contributed by atoms with Crippen LogP contribution < -0.4 is 10.2 Å². The highest BCUT2D eigenvalue weighted by Crippen LogP contribution is 2.34. The Bertz CT molecular complexity index is 1200. The van der Waals surface area contributed by atoms with Crippen LogP contribution in [-0.4, -0.2) is 71.7 Å². The van der Waals surface area contributed by atoms with Gasteiger partial charge in [0.25, 0.3) is 0 Å². The predicted molar refractivity (Wildman–Crippen MR) is 144 cm³/mol. The van der Waals surface area contributed by atoms with Gasteiger partial charge in [0, 0.05) is 45.1 Å². The molecule has 2 fully saturated rings. The van der Waals surface area contributed by atoms with Crippen LogP contribution in [0.1, 0.15) is 42.3 Å². The van der Waals surface area contributed by atoms with Crippen LogP contribution in [0.5, 0.6) is 0 Å². The smallest absolute Gasteiger partial charge is 0.220 e. The molecule has 2 saturated heterocycles. The second kappa shape index (κ2) is 12.0. The van der Waals surface area contributed by atoms with Crippen molar-refractivity contribution in [3.8, 4) is 0 Å². The number of aromatic nitrogens is 3. The van der Waals surface area contributed by atoms with Gasteiger partial charge in [-0.3, -0.25) is 9.69 Å². The van der Waals surface area contributed by atoms with E-state index in [0.29, 0.717) is 54.3 Å². The SMILES string of the molecule is O=C(CCc1nc2ncc(N3CCOCC3)nc2s1)NCCCN1CCCC1c1ccc(Cl)c(Cl)c1. The van der Waals surface area contributed by atoms with Gasteiger partial charge in [-0.1, -0.05) is 40.6 Å². The molecule has 5 rings (SSSR count). The molecule has 0 spiro atoms. The molecular weight excluding hydrogens is 519 g/mol. The van der Waals surface area contributed by atoms with E-state index in [-0.39, 0.29) is 5.91 Å². The maximum absolute atomic E-state index is 12.4. The fourth-order valence-corrected chi connectivity index (χ4v) is 6.01. The third-order valence-electron chi connectivity index (χ3n) is 6.69. The summed E-state index contributed by atoms with van der Waals surface area (Å²) in [6.45, 7) is 5.71. The number of morpholine rings is 1. The summed E-state index contributed by atoms with van der Waals surface area (Å²) in [5.74, 6) is 0.907. The molecule has 2 aromatic heterocycles. The first-order chi connectivity index (χ1) is 17.6. The van der Waals surface area contributed by atoms with Crippen molar-refractivity contribution in [3.63, 3.8) is 0 Å². The number of carbonyl (C=O) groups excluding carboxylic acids is 1. The maximum Gasteiger partial charge on any atom is 0.220 e. The Morgan fingerprint density at radius 2 is 2.03 bits per heavy atom. The summed E-state index contributed by atoms with van der Waals surface area (Å²) in [5.41, 5.74) is 1.86. The van der Waals surface area contributed by atoms with Gasteiger partial charge in [-0.05, 0) is 43.5 Å². The van der Waals surface area contributed by atoms with Crippen LogP contribution in [0.15, 0.2) is 24.4 Å². The molecule has 1 atom stereocenters. The van der Waals surface area contributed by atoms with Gasteiger partial charge in [0.1, 0.15) is 5.82 Å². The van der Waals surface area contributed by atoms with Gasteiger partial charge in [0.05, 0.1) is 34.5 Å². The first-order valence-electron chi connectivity index (χ1n) is 12.5. The molecule has 11 heteroatoms. The number of rotatable bonds is 9. The molecule has 36 heavy (non-hydrogen) atoms. The van der Waals surface area contributed by atoms with E-state index in [1.165, 1.54) is 16.9 Å². The van der Waals surface area contributed by atoms with Gasteiger partial charge in [-0.15, -0.1) is 0 Å². The number of nitrogens with zero attached hydrogens (tertiary/aromatic N) is 5. The Labute approximate surface area is 225 Å². The second-order valence-electron chi connectivity index (χ2n) is 9.14. The number of hydrogen-bond acceptors (Lipinski definition) is 8. The fraction of sp³-hybridized carbons (Fsp3) is 0.520. The van der Waals surface area contributed by atoms with E-state index in [2.05, 4.69) is 31.2 Å². The summed E-state index contributed by atoms with van der Waals surface area (Å²) < 4.78 is 5.41. The number of nitrogens with one attached hydrogen (secondary N) is 1. The zero-order valence-electron chi connectivity index (χ0n) is 20.1. The standard InChI is InChI=1S/C25H30Cl2N6O2S/c26-18-5-4-17(15-19(18)27)20-3-1-9-32(20)10-2-8-28-22(34)6-7-23-31-24-25(36-23)30-21(16-29-24)33-11-13-35-14-12-33/h4-5,15-16,20H,1-3,6-14H2,(H,28,34). The number of anilines is 1. The number of amides is 1. The highest BCUT2D eigenvalue weighted by molar-refractivity contribution is 7.18. The zero-order chi connectivity index (χ0) is 24.9. The molecule has 1 aromatic carbocycles. The summed E-state index contributed by atoms with van der Waals surface area (Å²) >= 11 is 13.8. The number of halogens is 2. The number of benzene rings is 1. The van der Waals surface area contributed by atoms with E-state index in [4.69, 9.17) is 32.9 Å². The maximum atomic E-state index is 12.4. The van der Waals surface area contributed by atoms with Crippen LogP contribution in [-0.2, 0) is 16.0 Å². The van der Waals surface area contributed by atoms with E-state index in [9.17, 15) is 4.79 Å². The Kier molecular flexibility index (Phi) is 8.54. The molecular formula is C25H30Cl2N6O2S. The first kappa shape index (κ1) is 25.6. The van der Waals surface area contributed by atoms with E-state index in [1.54, 1.807) is 6.20 Å². The first-order valence-corrected chi connectivity index (χ1v) is 14.0. The van der Waals surface area contributed by atoms with Gasteiger partial charge < -0.3 is 15.0 Å². The Morgan fingerprint density at radius 1 is 1.17 bits per heavy atom. The average molecular weight is 550 g/mol. The minimum absolute atomic E-state index is 0.0478. The normalized spacial score (nSPS) is 18.7. The Balaban J connectivity index is 1.05. The predicted octanol–water partition coefficient (Wildman–Crippen LogP) is 4.51. The lowest BCUT2D eigenvalue weighted by atomic mass is 10.0. The molecule has 4 heterocycles. The molecule has 1 N–H and O–H groups in total. The van der Waals surface area contributed by atoms with Crippen LogP contribution in [0.2, 0.25) is 10.0 Å². The van der Waals surface area contributed by atoms with Crippen molar-refractivity contribution in [1.29, 1.82) is 0 Å². The van der Waals surface area contributed by atoms with Gasteiger partial charge >= 0.3 is 0 Å². The van der Waals surface area contributed by atoms with Crippen LogP contribution in [0.3, 0.4) is 0 Å². The number of fused-ring (bicyclic) bond motifs is 1. The van der Waals surface area contributed by atoms with Crippen molar-refractivity contribution in [1.82, 2.24) is 25.2 Å². The summed E-state index contributed by atoms with van der Waals surface area (Å²) in [7, 11) is 0. The van der Waals surface area contributed by atoms with Crippen molar-refractivity contribution < 1.29 is 9.53 Å². The van der Waals surface area contributed by atoms with Gasteiger partial charge in [0.15, 0.2) is 10.5 Å². The highest BCUT2D eigenvalue weighted by Gasteiger charge is 2.26. The van der Waals surface area contributed by atoms with Crippen LogP contribution in [0.25, 0.3) is 10.5 Å². The molecule has 8 nitrogen and oxygen atoms in total. The number of thiazole rings is 1. The van der Waals surface area contributed by atoms with Crippen LogP contribution >= 0.6 is 34.5 Å². The van der Waals surface area contributed by atoms with Crippen LogP contribution in [0, 0.1) is 0 Å². The lowest BCUT2D eigenvalue weighted by Gasteiger charge is -2.27. The van der Waals surface area contributed by atoms with Crippen molar-refractivity contribution in [3.05, 3.63) is 45.0 Å². The number of hydrogen-bond donors (Lipinski definition) is 1. The largest absolute Gasteiger partial charge is 0.378 e. The molecule has 1 amide bonds. The van der Waals surface area contributed by atoms with Crippen molar-refractivity contribution in [2.45, 2.75) is 38.1 Å². The van der Waals surface area contributed by atoms with Crippen molar-refractivity contribution in [2.24, 2.45) is 0 Å². The van der Waals surface area contributed by atoms with E-state index >= 15 is 0 Å².